The zero-order valence-electron chi connectivity index (χ0n) is 11.7. The molecule has 0 aliphatic rings. The van der Waals surface area contributed by atoms with E-state index in [-0.39, 0.29) is 12.5 Å². The molecule has 1 heterocycles. The van der Waals surface area contributed by atoms with Gasteiger partial charge in [-0.1, -0.05) is 0 Å². The molecule has 106 valence electrons. The van der Waals surface area contributed by atoms with Crippen LogP contribution in [0.1, 0.15) is 10.4 Å². The van der Waals surface area contributed by atoms with Crippen LogP contribution < -0.4 is 4.90 Å². The molecule has 0 saturated heterocycles. The van der Waals surface area contributed by atoms with Crippen LogP contribution in [0.25, 0.3) is 0 Å². The molecule has 1 aromatic heterocycles. The van der Waals surface area contributed by atoms with E-state index >= 15 is 0 Å². The van der Waals surface area contributed by atoms with Gasteiger partial charge < -0.3 is 19.6 Å². The summed E-state index contributed by atoms with van der Waals surface area (Å²) < 4.78 is 5.02. The van der Waals surface area contributed by atoms with Gasteiger partial charge in [-0.3, -0.25) is 4.79 Å². The number of hydrogen-bond acceptors (Lipinski definition) is 5. The molecule has 6 nitrogen and oxygen atoms in total. The van der Waals surface area contributed by atoms with Gasteiger partial charge >= 0.3 is 0 Å². The van der Waals surface area contributed by atoms with Crippen molar-refractivity contribution in [1.29, 1.82) is 0 Å². The Balaban J connectivity index is 2.79. The van der Waals surface area contributed by atoms with Crippen LogP contribution in [0, 0.1) is 0 Å². The second-order valence-corrected chi connectivity index (χ2v) is 4.31. The summed E-state index contributed by atoms with van der Waals surface area (Å²) in [5.74, 6) is 0.644. The first-order valence-corrected chi connectivity index (χ1v) is 6.12. The number of anilines is 1. The number of nitrogens with zero attached hydrogens (tertiary/aromatic N) is 3. The van der Waals surface area contributed by atoms with Gasteiger partial charge in [0, 0.05) is 40.5 Å². The van der Waals surface area contributed by atoms with Gasteiger partial charge in [-0.15, -0.1) is 0 Å². The molecule has 1 aromatic rings. The molecule has 19 heavy (non-hydrogen) atoms. The van der Waals surface area contributed by atoms with E-state index in [4.69, 9.17) is 9.84 Å². The lowest BCUT2D eigenvalue weighted by Crippen LogP contribution is -2.31. The first-order valence-electron chi connectivity index (χ1n) is 6.12. The van der Waals surface area contributed by atoms with Crippen LogP contribution >= 0.6 is 0 Å². The molecule has 0 unspecified atom stereocenters. The normalized spacial score (nSPS) is 10.3. The lowest BCUT2D eigenvalue weighted by molar-refractivity contribution is 0.0827. The average molecular weight is 267 g/mol. The predicted octanol–water partition coefficient (Wildman–Crippen LogP) is 0.228. The first-order chi connectivity index (χ1) is 9.10. The highest BCUT2D eigenvalue weighted by Gasteiger charge is 2.11. The quantitative estimate of drug-likeness (QED) is 0.766. The van der Waals surface area contributed by atoms with E-state index in [9.17, 15) is 4.79 Å². The molecule has 0 spiro atoms. The van der Waals surface area contributed by atoms with Crippen molar-refractivity contribution >= 4 is 11.7 Å². The topological polar surface area (TPSA) is 65.9 Å². The Kier molecular flexibility index (Phi) is 6.24. The maximum atomic E-state index is 11.7. The van der Waals surface area contributed by atoms with Gasteiger partial charge in [-0.05, 0) is 12.1 Å². The molecule has 0 atom stereocenters. The minimum Gasteiger partial charge on any atom is -0.395 e. The SMILES string of the molecule is COCCN(CCO)c1ccc(C(=O)N(C)C)cn1. The summed E-state index contributed by atoms with van der Waals surface area (Å²) in [6.07, 6.45) is 1.55. The van der Waals surface area contributed by atoms with Crippen molar-refractivity contribution in [3.05, 3.63) is 23.9 Å². The van der Waals surface area contributed by atoms with Gasteiger partial charge in [-0.25, -0.2) is 4.98 Å². The van der Waals surface area contributed by atoms with Gasteiger partial charge in [0.1, 0.15) is 5.82 Å². The maximum absolute atomic E-state index is 11.7. The van der Waals surface area contributed by atoms with E-state index in [1.54, 1.807) is 39.5 Å². The number of amides is 1. The zero-order valence-corrected chi connectivity index (χ0v) is 11.7. The average Bonchev–Trinajstić information content (AvgIpc) is 2.42. The second-order valence-electron chi connectivity index (χ2n) is 4.31. The molecule has 0 aromatic carbocycles. The van der Waals surface area contributed by atoms with E-state index in [1.807, 2.05) is 4.90 Å². The van der Waals surface area contributed by atoms with Crippen molar-refractivity contribution in [2.75, 3.05) is 52.4 Å². The maximum Gasteiger partial charge on any atom is 0.254 e. The number of aromatic nitrogens is 1. The van der Waals surface area contributed by atoms with E-state index in [2.05, 4.69) is 4.98 Å². The van der Waals surface area contributed by atoms with Crippen LogP contribution in [0.15, 0.2) is 18.3 Å². The Morgan fingerprint density at radius 1 is 1.37 bits per heavy atom. The van der Waals surface area contributed by atoms with Gasteiger partial charge in [0.2, 0.25) is 0 Å². The number of ether oxygens (including phenoxy) is 1. The molecule has 6 heteroatoms. The summed E-state index contributed by atoms with van der Waals surface area (Å²) in [5, 5.41) is 9.04. The highest BCUT2D eigenvalue weighted by Crippen LogP contribution is 2.11. The van der Waals surface area contributed by atoms with Crippen molar-refractivity contribution in [1.82, 2.24) is 9.88 Å². The zero-order chi connectivity index (χ0) is 14.3. The fourth-order valence-electron chi connectivity index (χ4n) is 1.62. The fourth-order valence-corrected chi connectivity index (χ4v) is 1.62. The molecule has 0 aliphatic carbocycles. The molecule has 1 rings (SSSR count). The smallest absolute Gasteiger partial charge is 0.254 e. The minimum absolute atomic E-state index is 0.0454. The van der Waals surface area contributed by atoms with Gasteiger partial charge in [0.25, 0.3) is 5.91 Å². The Hall–Kier alpha value is -1.66. The summed E-state index contributed by atoms with van der Waals surface area (Å²) in [5.41, 5.74) is 0.546. The third-order valence-corrected chi connectivity index (χ3v) is 2.66. The van der Waals surface area contributed by atoms with Crippen molar-refractivity contribution in [2.45, 2.75) is 0 Å². The van der Waals surface area contributed by atoms with Crippen LogP contribution in [0.5, 0.6) is 0 Å². The molecular formula is C13H21N3O3. The van der Waals surface area contributed by atoms with Crippen molar-refractivity contribution in [2.24, 2.45) is 0 Å². The molecule has 0 bridgehead atoms. The monoisotopic (exact) mass is 267 g/mol. The molecular weight excluding hydrogens is 246 g/mol. The van der Waals surface area contributed by atoms with E-state index in [0.717, 1.165) is 5.82 Å². The predicted molar refractivity (Wildman–Crippen MR) is 73.4 cm³/mol. The van der Waals surface area contributed by atoms with E-state index in [1.165, 1.54) is 4.90 Å². The third kappa shape index (κ3) is 4.50. The van der Waals surface area contributed by atoms with Gasteiger partial charge in [-0.2, -0.15) is 0 Å². The molecule has 0 aliphatic heterocycles. The number of hydrogen-bond donors (Lipinski definition) is 1. The molecule has 1 N–H and O–H groups in total. The fraction of sp³-hybridized carbons (Fsp3) is 0.538. The Labute approximate surface area is 113 Å². The lowest BCUT2D eigenvalue weighted by atomic mass is 10.2. The van der Waals surface area contributed by atoms with Crippen molar-refractivity contribution in [3.63, 3.8) is 0 Å². The number of aliphatic hydroxyl groups is 1. The van der Waals surface area contributed by atoms with Crippen molar-refractivity contribution < 1.29 is 14.6 Å². The Bertz CT molecular complexity index is 393. The largest absolute Gasteiger partial charge is 0.395 e. The van der Waals surface area contributed by atoms with Crippen LogP contribution in [0.3, 0.4) is 0 Å². The summed E-state index contributed by atoms with van der Waals surface area (Å²) in [7, 11) is 5.03. The van der Waals surface area contributed by atoms with Gasteiger partial charge in [0.05, 0.1) is 18.8 Å². The molecule has 0 saturated carbocycles. The van der Waals surface area contributed by atoms with Crippen LogP contribution in [-0.4, -0.2) is 68.4 Å². The van der Waals surface area contributed by atoms with Crippen LogP contribution in [0.4, 0.5) is 5.82 Å². The lowest BCUT2D eigenvalue weighted by Gasteiger charge is -2.22. The standard InChI is InChI=1S/C13H21N3O3/c1-15(2)13(18)11-4-5-12(14-10-11)16(6-8-17)7-9-19-3/h4-5,10,17H,6-9H2,1-3H3. The highest BCUT2D eigenvalue weighted by molar-refractivity contribution is 5.93. The summed E-state index contributed by atoms with van der Waals surface area (Å²) in [6, 6.07) is 3.52. The first kappa shape index (κ1) is 15.4. The number of aliphatic hydroxyl groups excluding tert-OH is 1. The van der Waals surface area contributed by atoms with E-state index < -0.39 is 0 Å². The number of pyridine rings is 1. The van der Waals surface area contributed by atoms with Crippen molar-refractivity contribution in [3.8, 4) is 0 Å². The van der Waals surface area contributed by atoms with E-state index in [0.29, 0.717) is 25.3 Å². The summed E-state index contributed by atoms with van der Waals surface area (Å²) >= 11 is 0. The molecule has 0 fully saturated rings. The van der Waals surface area contributed by atoms with Gasteiger partial charge in [0.15, 0.2) is 0 Å². The second kappa shape index (κ2) is 7.70. The number of carbonyl (C=O) groups is 1. The number of rotatable bonds is 7. The van der Waals surface area contributed by atoms with Crippen LogP contribution in [-0.2, 0) is 4.74 Å². The molecule has 1 amide bonds. The van der Waals surface area contributed by atoms with Crippen LogP contribution in [0.2, 0.25) is 0 Å². The summed E-state index contributed by atoms with van der Waals surface area (Å²) in [4.78, 5) is 19.4. The summed E-state index contributed by atoms with van der Waals surface area (Å²) in [6.45, 7) is 1.73. The molecule has 0 radical (unpaired) electrons. The number of methoxy groups -OCH3 is 1. The Morgan fingerprint density at radius 2 is 2.11 bits per heavy atom. The third-order valence-electron chi connectivity index (χ3n) is 2.66. The number of carbonyl (C=O) groups excluding carboxylic acids is 1. The minimum atomic E-state index is -0.0790. The highest BCUT2D eigenvalue weighted by atomic mass is 16.5. The Morgan fingerprint density at radius 3 is 2.58 bits per heavy atom.